The molecule has 0 spiro atoms. The van der Waals surface area contributed by atoms with Crippen LogP contribution in [-0.2, 0) is 21.2 Å². The Hall–Kier alpha value is -1.76. The standard InChI is InChI=1S/C15H24N2O4S/c1-15(2,3)21-14(18)17(4)11-10-12-8-6-7-9-13(12)16-22(5,19)20/h6-9,16H,10-11H2,1-5H3. The van der Waals surface area contributed by atoms with E-state index in [1.807, 2.05) is 32.9 Å². The number of para-hydroxylation sites is 1. The maximum atomic E-state index is 11.9. The number of benzene rings is 1. The van der Waals surface area contributed by atoms with E-state index in [0.29, 0.717) is 18.7 Å². The maximum absolute atomic E-state index is 11.9. The first kappa shape index (κ1) is 18.3. The van der Waals surface area contributed by atoms with Crippen LogP contribution in [0.2, 0.25) is 0 Å². The molecule has 1 aromatic carbocycles. The van der Waals surface area contributed by atoms with E-state index >= 15 is 0 Å². The Morgan fingerprint density at radius 3 is 2.41 bits per heavy atom. The highest BCUT2D eigenvalue weighted by molar-refractivity contribution is 7.92. The Balaban J connectivity index is 2.70. The van der Waals surface area contributed by atoms with Crippen molar-refractivity contribution in [2.75, 3.05) is 24.6 Å². The average Bonchev–Trinajstić information content (AvgIpc) is 2.33. The summed E-state index contributed by atoms with van der Waals surface area (Å²) < 4.78 is 30.5. The molecule has 0 aliphatic carbocycles. The molecule has 1 N–H and O–H groups in total. The van der Waals surface area contributed by atoms with E-state index in [1.54, 1.807) is 19.2 Å². The van der Waals surface area contributed by atoms with Crippen molar-refractivity contribution in [3.05, 3.63) is 29.8 Å². The van der Waals surface area contributed by atoms with Crippen LogP contribution >= 0.6 is 0 Å². The quantitative estimate of drug-likeness (QED) is 0.901. The van der Waals surface area contributed by atoms with E-state index < -0.39 is 21.7 Å². The van der Waals surface area contributed by atoms with Gasteiger partial charge >= 0.3 is 6.09 Å². The minimum atomic E-state index is -3.33. The lowest BCUT2D eigenvalue weighted by molar-refractivity contribution is 0.0301. The third-order valence-corrected chi connectivity index (χ3v) is 3.33. The summed E-state index contributed by atoms with van der Waals surface area (Å²) >= 11 is 0. The van der Waals surface area contributed by atoms with E-state index in [4.69, 9.17) is 4.74 Å². The van der Waals surface area contributed by atoms with Crippen molar-refractivity contribution < 1.29 is 17.9 Å². The number of hydrogen-bond donors (Lipinski definition) is 1. The SMILES string of the molecule is CN(CCc1ccccc1NS(C)(=O)=O)C(=O)OC(C)(C)C. The van der Waals surface area contributed by atoms with Gasteiger partial charge in [0.25, 0.3) is 0 Å². The molecule has 0 atom stereocenters. The van der Waals surface area contributed by atoms with Crippen LogP contribution in [0.1, 0.15) is 26.3 Å². The minimum absolute atomic E-state index is 0.402. The van der Waals surface area contributed by atoms with Gasteiger partial charge in [0, 0.05) is 13.6 Å². The molecule has 1 amide bonds. The number of anilines is 1. The number of ether oxygens (including phenoxy) is 1. The number of sulfonamides is 1. The third-order valence-electron chi connectivity index (χ3n) is 2.73. The summed E-state index contributed by atoms with van der Waals surface area (Å²) in [4.78, 5) is 13.4. The summed E-state index contributed by atoms with van der Waals surface area (Å²) in [6.45, 7) is 5.86. The highest BCUT2D eigenvalue weighted by atomic mass is 32.2. The Labute approximate surface area is 132 Å². The summed E-state index contributed by atoms with van der Waals surface area (Å²) in [7, 11) is -1.68. The van der Waals surface area contributed by atoms with Gasteiger partial charge in [-0.1, -0.05) is 18.2 Å². The number of nitrogens with one attached hydrogen (secondary N) is 1. The lowest BCUT2D eigenvalue weighted by atomic mass is 10.1. The first-order chi connectivity index (χ1) is 9.98. The molecule has 0 fully saturated rings. The van der Waals surface area contributed by atoms with E-state index in [-0.39, 0.29) is 0 Å². The fourth-order valence-electron chi connectivity index (χ4n) is 1.76. The van der Waals surface area contributed by atoms with Crippen molar-refractivity contribution in [1.82, 2.24) is 4.90 Å². The summed E-state index contributed by atoms with van der Waals surface area (Å²) in [5, 5.41) is 0. The molecule has 0 unspecified atom stereocenters. The van der Waals surface area contributed by atoms with Gasteiger partial charge < -0.3 is 9.64 Å². The lowest BCUT2D eigenvalue weighted by Crippen LogP contribution is -2.35. The van der Waals surface area contributed by atoms with Crippen LogP contribution in [0.3, 0.4) is 0 Å². The Bertz CT molecular complexity index is 621. The number of hydrogen-bond acceptors (Lipinski definition) is 4. The van der Waals surface area contributed by atoms with Crippen molar-refractivity contribution in [3.63, 3.8) is 0 Å². The zero-order valence-corrected chi connectivity index (χ0v) is 14.5. The molecule has 1 aromatic rings. The van der Waals surface area contributed by atoms with Gasteiger partial charge in [-0.25, -0.2) is 13.2 Å². The molecule has 0 aromatic heterocycles. The third kappa shape index (κ3) is 6.80. The molecule has 0 bridgehead atoms. The summed E-state index contributed by atoms with van der Waals surface area (Å²) in [5.74, 6) is 0. The molecule has 0 aliphatic rings. The predicted octanol–water partition coefficient (Wildman–Crippen LogP) is 2.47. The molecule has 7 heteroatoms. The highest BCUT2D eigenvalue weighted by Gasteiger charge is 2.19. The second-order valence-electron chi connectivity index (χ2n) is 6.18. The molecular weight excluding hydrogens is 304 g/mol. The number of rotatable bonds is 5. The number of nitrogens with zero attached hydrogens (tertiary/aromatic N) is 1. The molecule has 124 valence electrons. The molecule has 0 heterocycles. The largest absolute Gasteiger partial charge is 0.444 e. The number of carbonyl (C=O) groups is 1. The van der Waals surface area contributed by atoms with Crippen molar-refractivity contribution in [1.29, 1.82) is 0 Å². The number of amides is 1. The zero-order chi connectivity index (χ0) is 17.0. The number of likely N-dealkylation sites (N-methyl/N-ethyl adjacent to an activating group) is 1. The first-order valence-corrected chi connectivity index (χ1v) is 8.87. The fraction of sp³-hybridized carbons (Fsp3) is 0.533. The van der Waals surface area contributed by atoms with Crippen LogP contribution in [0.25, 0.3) is 0 Å². The predicted molar refractivity (Wildman–Crippen MR) is 87.5 cm³/mol. The minimum Gasteiger partial charge on any atom is -0.444 e. The van der Waals surface area contributed by atoms with Crippen LogP contribution in [0, 0.1) is 0 Å². The van der Waals surface area contributed by atoms with Crippen molar-refractivity contribution in [2.24, 2.45) is 0 Å². The lowest BCUT2D eigenvalue weighted by Gasteiger charge is -2.24. The van der Waals surface area contributed by atoms with Gasteiger partial charge in [-0.3, -0.25) is 4.72 Å². The molecule has 6 nitrogen and oxygen atoms in total. The van der Waals surface area contributed by atoms with Crippen LogP contribution in [-0.4, -0.2) is 44.9 Å². The van der Waals surface area contributed by atoms with Crippen LogP contribution in [0.5, 0.6) is 0 Å². The van der Waals surface area contributed by atoms with Gasteiger partial charge in [-0.05, 0) is 38.8 Å². The molecule has 1 rings (SSSR count). The smallest absolute Gasteiger partial charge is 0.410 e. The topological polar surface area (TPSA) is 75.7 Å². The summed E-state index contributed by atoms with van der Waals surface area (Å²) in [6.07, 6.45) is 1.23. The van der Waals surface area contributed by atoms with Crippen LogP contribution in [0.15, 0.2) is 24.3 Å². The second-order valence-corrected chi connectivity index (χ2v) is 7.93. The van der Waals surface area contributed by atoms with Crippen LogP contribution in [0.4, 0.5) is 10.5 Å². The van der Waals surface area contributed by atoms with Gasteiger partial charge in [0.05, 0.1) is 11.9 Å². The Morgan fingerprint density at radius 1 is 1.27 bits per heavy atom. The summed E-state index contributed by atoms with van der Waals surface area (Å²) in [6, 6.07) is 7.12. The van der Waals surface area contributed by atoms with Gasteiger partial charge in [-0.15, -0.1) is 0 Å². The van der Waals surface area contributed by atoms with E-state index in [1.165, 1.54) is 4.90 Å². The van der Waals surface area contributed by atoms with Gasteiger partial charge in [0.2, 0.25) is 10.0 Å². The molecule has 22 heavy (non-hydrogen) atoms. The van der Waals surface area contributed by atoms with Crippen molar-refractivity contribution >= 4 is 21.8 Å². The van der Waals surface area contributed by atoms with Crippen molar-refractivity contribution in [2.45, 2.75) is 32.8 Å². The zero-order valence-electron chi connectivity index (χ0n) is 13.7. The van der Waals surface area contributed by atoms with E-state index in [2.05, 4.69) is 4.72 Å². The Kier molecular flexibility index (Phi) is 5.82. The summed E-state index contributed by atoms with van der Waals surface area (Å²) in [5.41, 5.74) is 0.812. The monoisotopic (exact) mass is 328 g/mol. The first-order valence-electron chi connectivity index (χ1n) is 6.98. The second kappa shape index (κ2) is 7.00. The molecular formula is C15H24N2O4S. The molecule has 0 aliphatic heterocycles. The van der Waals surface area contributed by atoms with E-state index in [0.717, 1.165) is 11.8 Å². The molecule has 0 saturated heterocycles. The normalized spacial score (nSPS) is 11.9. The van der Waals surface area contributed by atoms with Gasteiger partial charge in [0.1, 0.15) is 5.60 Å². The van der Waals surface area contributed by atoms with Crippen molar-refractivity contribution in [3.8, 4) is 0 Å². The average molecular weight is 328 g/mol. The highest BCUT2D eigenvalue weighted by Crippen LogP contribution is 2.17. The van der Waals surface area contributed by atoms with Gasteiger partial charge in [-0.2, -0.15) is 0 Å². The molecule has 0 radical (unpaired) electrons. The Morgan fingerprint density at radius 2 is 1.86 bits per heavy atom. The van der Waals surface area contributed by atoms with Crippen LogP contribution < -0.4 is 4.72 Å². The van der Waals surface area contributed by atoms with E-state index in [9.17, 15) is 13.2 Å². The number of carbonyl (C=O) groups excluding carboxylic acids is 1. The van der Waals surface area contributed by atoms with Gasteiger partial charge in [0.15, 0.2) is 0 Å². The fourth-order valence-corrected chi connectivity index (χ4v) is 2.36. The maximum Gasteiger partial charge on any atom is 0.410 e. The molecule has 0 saturated carbocycles.